The number of benzene rings is 2. The molecule has 0 aliphatic rings. The monoisotopic (exact) mass is 700 g/mol. The summed E-state index contributed by atoms with van der Waals surface area (Å²) >= 11 is 10.5. The van der Waals surface area contributed by atoms with E-state index >= 15 is 0 Å². The van der Waals surface area contributed by atoms with Gasteiger partial charge in [-0.1, -0.05) is 125 Å². The number of rotatable bonds is 14. The summed E-state index contributed by atoms with van der Waals surface area (Å²) in [4.78, 5) is 4.71. The molecule has 196 valence electrons. The Morgan fingerprint density at radius 2 is 1.42 bits per heavy atom. The number of aromatic nitrogens is 1. The molecule has 36 heavy (non-hydrogen) atoms. The molecule has 0 aliphatic carbocycles. The van der Waals surface area contributed by atoms with E-state index in [1.54, 1.807) is 30.5 Å². The van der Waals surface area contributed by atoms with Gasteiger partial charge in [-0.25, -0.2) is 8.42 Å². The zero-order valence-electron chi connectivity index (χ0n) is 20.8. The van der Waals surface area contributed by atoms with E-state index < -0.39 is 12.2 Å². The lowest BCUT2D eigenvalue weighted by Gasteiger charge is -2.13. The molecule has 1 aromatic heterocycles. The number of hydrogen-bond acceptors (Lipinski definition) is 3. The zero-order chi connectivity index (χ0) is 26.0. The third-order valence-corrected chi connectivity index (χ3v) is 9.08. The zero-order valence-corrected chi connectivity index (χ0v) is 26.4. The van der Waals surface area contributed by atoms with Gasteiger partial charge in [0.2, 0.25) is 0 Å². The van der Waals surface area contributed by atoms with Crippen LogP contribution in [0, 0.1) is 0 Å². The SMILES string of the molecule is CCCCCCCCCCCCc1ccc(S(=O)(=O)Nc2ccc3ncc(C(Br)(Br)Br)cc3c2)cc1. The second kappa shape index (κ2) is 14.3. The van der Waals surface area contributed by atoms with Crippen LogP contribution in [-0.2, 0) is 18.6 Å². The molecule has 0 atom stereocenters. The van der Waals surface area contributed by atoms with Gasteiger partial charge < -0.3 is 0 Å². The minimum atomic E-state index is -3.68. The Kier molecular flexibility index (Phi) is 11.7. The molecule has 0 amide bonds. The number of aryl methyl sites for hydroxylation is 1. The number of unbranched alkanes of at least 4 members (excludes halogenated alkanes) is 9. The highest BCUT2D eigenvalue weighted by molar-refractivity contribution is 9.38. The molecular weight excluding hydrogens is 668 g/mol. The van der Waals surface area contributed by atoms with Crippen molar-refractivity contribution in [2.24, 2.45) is 0 Å². The normalized spacial score (nSPS) is 12.2. The number of alkyl halides is 3. The van der Waals surface area contributed by atoms with Crippen molar-refractivity contribution in [2.75, 3.05) is 4.72 Å². The summed E-state index contributed by atoms with van der Waals surface area (Å²) in [5.74, 6) is 0. The van der Waals surface area contributed by atoms with Gasteiger partial charge in [0.15, 0.2) is 2.14 Å². The molecule has 0 aliphatic heterocycles. The fraction of sp³-hybridized carbons (Fsp3) is 0.464. The number of nitrogens with zero attached hydrogens (tertiary/aromatic N) is 1. The largest absolute Gasteiger partial charge is 0.280 e. The van der Waals surface area contributed by atoms with Crippen LogP contribution >= 0.6 is 47.8 Å². The average molecular weight is 703 g/mol. The molecule has 0 saturated carbocycles. The van der Waals surface area contributed by atoms with Crippen molar-refractivity contribution >= 4 is 74.4 Å². The molecule has 3 aromatic rings. The smallest absolute Gasteiger partial charge is 0.261 e. The van der Waals surface area contributed by atoms with Gasteiger partial charge in [-0.2, -0.15) is 0 Å². The molecule has 0 saturated heterocycles. The Labute approximate surface area is 241 Å². The van der Waals surface area contributed by atoms with Gasteiger partial charge in [0.05, 0.1) is 10.4 Å². The standard InChI is InChI=1S/C28H35Br3N2O2S/c1-2-3-4-5-6-7-8-9-10-11-12-22-13-16-26(17-14-22)36(34,35)33-25-15-18-27-23(20-25)19-24(21-32-27)28(29,30)31/h13-21,33H,2-12H2,1H3. The lowest BCUT2D eigenvalue weighted by molar-refractivity contribution is 0.556. The summed E-state index contributed by atoms with van der Waals surface area (Å²) < 4.78 is 28.1. The Balaban J connectivity index is 1.50. The molecular formula is C28H35Br3N2O2S. The van der Waals surface area contributed by atoms with Crippen LogP contribution in [0.25, 0.3) is 10.9 Å². The highest BCUT2D eigenvalue weighted by Gasteiger charge is 2.21. The predicted octanol–water partition coefficient (Wildman–Crippen LogP) is 9.79. The minimum Gasteiger partial charge on any atom is -0.280 e. The predicted molar refractivity (Wildman–Crippen MR) is 163 cm³/mol. The first kappa shape index (κ1) is 29.6. The van der Waals surface area contributed by atoms with Crippen molar-refractivity contribution < 1.29 is 8.42 Å². The maximum Gasteiger partial charge on any atom is 0.261 e. The molecule has 1 N–H and O–H groups in total. The van der Waals surface area contributed by atoms with Crippen molar-refractivity contribution in [2.45, 2.75) is 84.6 Å². The van der Waals surface area contributed by atoms with Crippen LogP contribution in [0.4, 0.5) is 5.69 Å². The topological polar surface area (TPSA) is 59.1 Å². The van der Waals surface area contributed by atoms with Gasteiger partial charge in [-0.3, -0.25) is 9.71 Å². The number of halogens is 3. The van der Waals surface area contributed by atoms with E-state index in [0.717, 1.165) is 29.3 Å². The van der Waals surface area contributed by atoms with Gasteiger partial charge in [0, 0.05) is 22.8 Å². The van der Waals surface area contributed by atoms with Gasteiger partial charge >= 0.3 is 0 Å². The van der Waals surface area contributed by atoms with Crippen LogP contribution in [0.15, 0.2) is 59.6 Å². The number of pyridine rings is 1. The summed E-state index contributed by atoms with van der Waals surface area (Å²) in [6.07, 6.45) is 15.9. The maximum atomic E-state index is 13.0. The Morgan fingerprint density at radius 3 is 2.03 bits per heavy atom. The van der Waals surface area contributed by atoms with E-state index in [0.29, 0.717) is 5.69 Å². The summed E-state index contributed by atoms with van der Waals surface area (Å²) in [6, 6.07) is 14.5. The molecule has 3 rings (SSSR count). The Morgan fingerprint density at radius 1 is 0.806 bits per heavy atom. The lowest BCUT2D eigenvalue weighted by atomic mass is 10.0. The van der Waals surface area contributed by atoms with E-state index in [1.807, 2.05) is 24.3 Å². The summed E-state index contributed by atoms with van der Waals surface area (Å²) in [5.41, 5.74) is 3.34. The first-order valence-corrected chi connectivity index (χ1v) is 16.6. The van der Waals surface area contributed by atoms with Crippen LogP contribution in [-0.4, -0.2) is 13.4 Å². The van der Waals surface area contributed by atoms with E-state index in [1.165, 1.54) is 63.4 Å². The molecule has 0 bridgehead atoms. The fourth-order valence-electron chi connectivity index (χ4n) is 4.22. The number of nitrogens with one attached hydrogen (secondary N) is 1. The average Bonchev–Trinajstić information content (AvgIpc) is 2.84. The third-order valence-electron chi connectivity index (χ3n) is 6.31. The minimum absolute atomic E-state index is 0.265. The molecule has 0 unspecified atom stereocenters. The quantitative estimate of drug-likeness (QED) is 0.134. The van der Waals surface area contributed by atoms with Crippen molar-refractivity contribution in [3.63, 3.8) is 0 Å². The summed E-state index contributed by atoms with van der Waals surface area (Å²) in [7, 11) is -3.68. The highest BCUT2D eigenvalue weighted by Crippen LogP contribution is 2.44. The summed E-state index contributed by atoms with van der Waals surface area (Å²) in [5, 5.41) is 0.835. The lowest BCUT2D eigenvalue weighted by Crippen LogP contribution is -2.13. The summed E-state index contributed by atoms with van der Waals surface area (Å²) in [6.45, 7) is 2.26. The van der Waals surface area contributed by atoms with E-state index in [2.05, 4.69) is 64.4 Å². The van der Waals surface area contributed by atoms with E-state index in [9.17, 15) is 8.42 Å². The molecule has 1 heterocycles. The Hall–Kier alpha value is -0.960. The van der Waals surface area contributed by atoms with Gasteiger partial charge in [-0.05, 0) is 54.8 Å². The van der Waals surface area contributed by atoms with Crippen LogP contribution in [0.2, 0.25) is 0 Å². The maximum absolute atomic E-state index is 13.0. The van der Waals surface area contributed by atoms with E-state index in [4.69, 9.17) is 0 Å². The van der Waals surface area contributed by atoms with Crippen molar-refractivity contribution in [3.05, 3.63) is 65.9 Å². The van der Waals surface area contributed by atoms with Crippen molar-refractivity contribution in [3.8, 4) is 0 Å². The van der Waals surface area contributed by atoms with E-state index in [-0.39, 0.29) is 4.90 Å². The number of sulfonamides is 1. The first-order chi connectivity index (χ1) is 17.2. The fourth-order valence-corrected chi connectivity index (χ4v) is 5.92. The molecule has 0 radical (unpaired) electrons. The van der Waals surface area contributed by atoms with Crippen LogP contribution < -0.4 is 4.72 Å². The van der Waals surface area contributed by atoms with Gasteiger partial charge in [-0.15, -0.1) is 0 Å². The molecule has 8 heteroatoms. The van der Waals surface area contributed by atoms with Crippen LogP contribution in [0.1, 0.15) is 82.3 Å². The highest BCUT2D eigenvalue weighted by atomic mass is 80.0. The molecule has 0 spiro atoms. The second-order valence-electron chi connectivity index (χ2n) is 9.31. The molecule has 2 aromatic carbocycles. The molecule has 4 nitrogen and oxygen atoms in total. The van der Waals surface area contributed by atoms with Crippen LogP contribution in [0.5, 0.6) is 0 Å². The number of hydrogen-bond donors (Lipinski definition) is 1. The van der Waals surface area contributed by atoms with Gasteiger partial charge in [0.25, 0.3) is 10.0 Å². The van der Waals surface area contributed by atoms with Crippen LogP contribution in [0.3, 0.4) is 0 Å². The molecule has 0 fully saturated rings. The third kappa shape index (κ3) is 9.41. The van der Waals surface area contributed by atoms with Crippen molar-refractivity contribution in [1.82, 2.24) is 4.98 Å². The second-order valence-corrected chi connectivity index (χ2v) is 17.8. The first-order valence-electron chi connectivity index (χ1n) is 12.8. The number of fused-ring (bicyclic) bond motifs is 1. The van der Waals surface area contributed by atoms with Gasteiger partial charge in [0.1, 0.15) is 0 Å². The Bertz CT molecular complexity index is 1210. The number of anilines is 1. The van der Waals surface area contributed by atoms with Crippen molar-refractivity contribution in [1.29, 1.82) is 0 Å².